The average molecular weight is 347 g/mol. The molecule has 2 nitrogen and oxygen atoms in total. The number of benzene rings is 1. The van der Waals surface area contributed by atoms with Crippen LogP contribution in [0.3, 0.4) is 0 Å². The van der Waals surface area contributed by atoms with E-state index in [1.54, 1.807) is 4.90 Å². The summed E-state index contributed by atoms with van der Waals surface area (Å²) in [5.41, 5.74) is 0.326. The molecule has 0 aliphatic carbocycles. The van der Waals surface area contributed by atoms with E-state index in [1.165, 1.54) is 6.07 Å². The second kappa shape index (κ2) is 7.63. The minimum absolute atomic E-state index is 0. The van der Waals surface area contributed by atoms with E-state index in [1.807, 2.05) is 0 Å². The van der Waals surface area contributed by atoms with Crippen LogP contribution in [0.15, 0.2) is 18.2 Å². The molecule has 0 bridgehead atoms. The lowest BCUT2D eigenvalue weighted by atomic mass is 10.0. The molecule has 1 fully saturated rings. The summed E-state index contributed by atoms with van der Waals surface area (Å²) in [4.78, 5) is 1.74. The highest BCUT2D eigenvalue weighted by Gasteiger charge is 2.36. The maximum atomic E-state index is 13.1. The van der Waals surface area contributed by atoms with Gasteiger partial charge in [-0.2, -0.15) is 13.2 Å². The molecule has 0 saturated carbocycles. The Labute approximate surface area is 131 Å². The molecule has 1 aliphatic rings. The van der Waals surface area contributed by atoms with Gasteiger partial charge in [0.1, 0.15) is 5.82 Å². The lowest BCUT2D eigenvalue weighted by Crippen LogP contribution is -2.46. The predicted octanol–water partition coefficient (Wildman–Crippen LogP) is 3.80. The van der Waals surface area contributed by atoms with Gasteiger partial charge in [0.2, 0.25) is 0 Å². The van der Waals surface area contributed by atoms with Crippen molar-refractivity contribution in [2.75, 3.05) is 26.2 Å². The Bertz CT molecular complexity index is 462. The fourth-order valence-corrected chi connectivity index (χ4v) is 2.71. The van der Waals surface area contributed by atoms with Gasteiger partial charge in [-0.25, -0.2) is 4.39 Å². The summed E-state index contributed by atoms with van der Waals surface area (Å²) in [6.07, 6.45) is -5.29. The number of hydrogen-bond acceptors (Lipinski definition) is 2. The van der Waals surface area contributed by atoms with Crippen LogP contribution in [0.1, 0.15) is 18.0 Å². The van der Waals surface area contributed by atoms with Crippen LogP contribution >= 0.6 is 24.0 Å². The molecule has 120 valence electrons. The van der Waals surface area contributed by atoms with Crippen LogP contribution < -0.4 is 5.32 Å². The highest BCUT2D eigenvalue weighted by atomic mass is 35.5. The second-order valence-corrected chi connectivity index (χ2v) is 5.19. The standard InChI is InChI=1S/C13H15ClF4N2.ClH/c14-11-7-9(15)1-2-10(11)12(8-13(16,17)18)20-5-3-19-4-6-20;/h1-2,7,12,19H,3-6,8H2;1H/t12-;/m0./s1. The number of nitrogens with zero attached hydrogens (tertiary/aromatic N) is 1. The van der Waals surface area contributed by atoms with Gasteiger partial charge in [-0.3, -0.25) is 4.90 Å². The van der Waals surface area contributed by atoms with E-state index in [9.17, 15) is 17.6 Å². The zero-order valence-electron chi connectivity index (χ0n) is 11.1. The third kappa shape index (κ3) is 5.29. The third-order valence-corrected chi connectivity index (χ3v) is 3.67. The zero-order chi connectivity index (χ0) is 14.8. The van der Waals surface area contributed by atoms with Crippen molar-refractivity contribution in [3.05, 3.63) is 34.6 Å². The Morgan fingerprint density at radius 2 is 1.86 bits per heavy atom. The van der Waals surface area contributed by atoms with Crippen molar-refractivity contribution in [3.63, 3.8) is 0 Å². The zero-order valence-corrected chi connectivity index (χ0v) is 12.7. The Kier molecular flexibility index (Phi) is 6.71. The van der Waals surface area contributed by atoms with Crippen LogP contribution in [-0.4, -0.2) is 37.3 Å². The van der Waals surface area contributed by atoms with Crippen molar-refractivity contribution in [2.45, 2.75) is 18.6 Å². The SMILES string of the molecule is Cl.Fc1ccc([C@H](CC(F)(F)F)N2CCNCC2)c(Cl)c1. The van der Waals surface area contributed by atoms with E-state index in [4.69, 9.17) is 11.6 Å². The third-order valence-electron chi connectivity index (χ3n) is 3.34. The highest BCUT2D eigenvalue weighted by Crippen LogP contribution is 2.37. The molecule has 1 N–H and O–H groups in total. The van der Waals surface area contributed by atoms with E-state index in [2.05, 4.69) is 5.32 Å². The maximum Gasteiger partial charge on any atom is 0.390 e. The number of alkyl halides is 3. The summed E-state index contributed by atoms with van der Waals surface area (Å²) in [7, 11) is 0. The van der Waals surface area contributed by atoms with Crippen LogP contribution in [0.2, 0.25) is 5.02 Å². The fourth-order valence-electron chi connectivity index (χ4n) is 2.42. The van der Waals surface area contributed by atoms with Gasteiger partial charge >= 0.3 is 6.18 Å². The first-order valence-electron chi connectivity index (χ1n) is 6.33. The van der Waals surface area contributed by atoms with Crippen molar-refractivity contribution < 1.29 is 17.6 Å². The molecule has 1 aromatic carbocycles. The van der Waals surface area contributed by atoms with Gasteiger partial charge in [0, 0.05) is 37.2 Å². The first kappa shape index (κ1) is 18.5. The summed E-state index contributed by atoms with van der Waals surface area (Å²) in [6, 6.07) is 2.68. The number of halogens is 6. The van der Waals surface area contributed by atoms with Gasteiger partial charge in [0.05, 0.1) is 6.42 Å². The maximum absolute atomic E-state index is 13.1. The van der Waals surface area contributed by atoms with Crippen molar-refractivity contribution in [2.24, 2.45) is 0 Å². The van der Waals surface area contributed by atoms with Crippen molar-refractivity contribution >= 4 is 24.0 Å². The van der Waals surface area contributed by atoms with Gasteiger partial charge in [0.25, 0.3) is 0 Å². The summed E-state index contributed by atoms with van der Waals surface area (Å²) >= 11 is 5.92. The quantitative estimate of drug-likeness (QED) is 0.837. The Hall–Kier alpha value is -0.560. The first-order chi connectivity index (χ1) is 9.37. The minimum Gasteiger partial charge on any atom is -0.314 e. The van der Waals surface area contributed by atoms with Gasteiger partial charge in [-0.15, -0.1) is 12.4 Å². The lowest BCUT2D eigenvalue weighted by Gasteiger charge is -2.36. The number of nitrogens with one attached hydrogen (secondary N) is 1. The lowest BCUT2D eigenvalue weighted by molar-refractivity contribution is -0.148. The molecular weight excluding hydrogens is 331 g/mol. The normalized spacial score (nSPS) is 18.1. The molecule has 0 aromatic heterocycles. The molecule has 0 unspecified atom stereocenters. The fraction of sp³-hybridized carbons (Fsp3) is 0.538. The van der Waals surface area contributed by atoms with Crippen LogP contribution in [0.4, 0.5) is 17.6 Å². The van der Waals surface area contributed by atoms with E-state index < -0.39 is 24.5 Å². The van der Waals surface area contributed by atoms with Crippen molar-refractivity contribution in [1.82, 2.24) is 10.2 Å². The summed E-state index contributed by atoms with van der Waals surface area (Å²) < 4.78 is 51.5. The smallest absolute Gasteiger partial charge is 0.314 e. The van der Waals surface area contributed by atoms with Crippen molar-refractivity contribution in [1.29, 1.82) is 0 Å². The Balaban J connectivity index is 0.00000220. The first-order valence-corrected chi connectivity index (χ1v) is 6.71. The number of hydrogen-bond donors (Lipinski definition) is 1. The molecule has 1 saturated heterocycles. The summed E-state index contributed by atoms with van der Waals surface area (Å²) in [5.74, 6) is -0.551. The summed E-state index contributed by atoms with van der Waals surface area (Å²) in [6.45, 7) is 2.28. The van der Waals surface area contributed by atoms with Crippen LogP contribution in [0.25, 0.3) is 0 Å². The Morgan fingerprint density at radius 3 is 2.38 bits per heavy atom. The molecule has 2 rings (SSSR count). The molecule has 1 aromatic rings. The molecule has 0 spiro atoms. The van der Waals surface area contributed by atoms with E-state index in [0.717, 1.165) is 12.1 Å². The Morgan fingerprint density at radius 1 is 1.24 bits per heavy atom. The molecule has 1 heterocycles. The van der Waals surface area contributed by atoms with Gasteiger partial charge in [0.15, 0.2) is 0 Å². The van der Waals surface area contributed by atoms with Crippen LogP contribution in [-0.2, 0) is 0 Å². The van der Waals surface area contributed by atoms with Gasteiger partial charge in [-0.1, -0.05) is 17.7 Å². The number of rotatable bonds is 3. The van der Waals surface area contributed by atoms with Crippen LogP contribution in [0.5, 0.6) is 0 Å². The van der Waals surface area contributed by atoms with E-state index in [0.29, 0.717) is 31.7 Å². The van der Waals surface area contributed by atoms with Crippen LogP contribution in [0, 0.1) is 5.82 Å². The molecular formula is C13H16Cl2F4N2. The molecule has 1 atom stereocenters. The van der Waals surface area contributed by atoms with E-state index >= 15 is 0 Å². The molecule has 21 heavy (non-hydrogen) atoms. The second-order valence-electron chi connectivity index (χ2n) is 4.79. The largest absolute Gasteiger partial charge is 0.390 e. The predicted molar refractivity (Wildman–Crippen MR) is 76.5 cm³/mol. The molecule has 0 amide bonds. The van der Waals surface area contributed by atoms with Crippen molar-refractivity contribution in [3.8, 4) is 0 Å². The topological polar surface area (TPSA) is 15.3 Å². The van der Waals surface area contributed by atoms with Gasteiger partial charge < -0.3 is 5.32 Å². The molecule has 1 aliphatic heterocycles. The average Bonchev–Trinajstić information content (AvgIpc) is 2.36. The van der Waals surface area contributed by atoms with E-state index in [-0.39, 0.29) is 17.4 Å². The van der Waals surface area contributed by atoms with Gasteiger partial charge in [-0.05, 0) is 17.7 Å². The number of piperazine rings is 1. The monoisotopic (exact) mass is 346 g/mol. The minimum atomic E-state index is -4.30. The molecule has 8 heteroatoms. The summed E-state index contributed by atoms with van der Waals surface area (Å²) in [5, 5.41) is 3.13. The highest BCUT2D eigenvalue weighted by molar-refractivity contribution is 6.31. The molecule has 0 radical (unpaired) electrons.